The molecule has 5 aromatic carbocycles. The molecule has 6 heterocycles. The summed E-state index contributed by atoms with van der Waals surface area (Å²) >= 11 is 2.97. The molecule has 6 saturated heterocycles. The molecule has 11 rings (SSSR count). The number of ether oxygens (including phenoxy) is 15. The molecule has 6 aliphatic rings. The van der Waals surface area contributed by atoms with Crippen molar-refractivity contribution in [2.45, 2.75) is 170 Å². The van der Waals surface area contributed by atoms with Crippen LogP contribution in [0.2, 0.25) is 0 Å². The number of aliphatic hydroxyl groups excluding tert-OH is 1. The second kappa shape index (κ2) is 27.3. The fourth-order valence-corrected chi connectivity index (χ4v) is 12.5. The molecule has 19 atom stereocenters. The Labute approximate surface area is 487 Å². The maximum absolute atomic E-state index is 11.7. The molecule has 8 unspecified atom stereocenters. The van der Waals surface area contributed by atoms with Gasteiger partial charge in [0, 0.05) is 22.6 Å². The van der Waals surface area contributed by atoms with Crippen molar-refractivity contribution in [1.29, 1.82) is 1.28 Å². The number of rotatable bonds is 23. The average molecular weight is 1260 g/mol. The second-order valence-corrected chi connectivity index (χ2v) is 26.1. The highest BCUT2D eigenvalue weighted by Crippen LogP contribution is 2.48. The molecular weight excluding hydrogens is 1180 g/mol. The van der Waals surface area contributed by atoms with Gasteiger partial charge in [0.2, 0.25) is 0 Å². The third-order valence-electron chi connectivity index (χ3n) is 15.0. The van der Waals surface area contributed by atoms with E-state index in [1.807, 2.05) is 194 Å². The Morgan fingerprint density at radius 2 is 1.11 bits per heavy atom. The Balaban J connectivity index is 0.880. The molecule has 0 aromatic heterocycles. The van der Waals surface area contributed by atoms with Gasteiger partial charge in [0.25, 0.3) is 0 Å². The van der Waals surface area contributed by atoms with E-state index in [2.05, 4.69) is 0 Å². The monoisotopic (exact) mass is 1250 g/mol. The summed E-state index contributed by atoms with van der Waals surface area (Å²) in [4.78, 5) is 0. The van der Waals surface area contributed by atoms with Crippen LogP contribution in [0.1, 0.15) is 61.8 Å². The van der Waals surface area contributed by atoms with Gasteiger partial charge in [0.05, 0.1) is 59.7 Å². The largest absolute Gasteiger partial charge is 0.388 e. The van der Waals surface area contributed by atoms with Gasteiger partial charge in [-0.2, -0.15) is 0 Å². The molecule has 80 heavy (non-hydrogen) atoms. The number of benzene rings is 5. The molecule has 0 radical (unpaired) electrons. The smallest absolute Gasteiger partial charge is 0.200 e. The van der Waals surface area contributed by atoms with Crippen molar-refractivity contribution in [3.8, 4) is 0 Å². The van der Waals surface area contributed by atoms with Crippen LogP contribution in [-0.2, 0) is 102 Å². The lowest BCUT2D eigenvalue weighted by Crippen LogP contribution is -2.65. The number of hydrogen-bond acceptors (Lipinski definition) is 18. The van der Waals surface area contributed by atoms with Gasteiger partial charge in [-0.25, -0.2) is 0 Å². The van der Waals surface area contributed by atoms with E-state index in [1.54, 1.807) is 6.92 Å². The van der Waals surface area contributed by atoms with Crippen LogP contribution in [0.25, 0.3) is 0 Å². The van der Waals surface area contributed by atoms with Gasteiger partial charge in [0.1, 0.15) is 66.6 Å². The van der Waals surface area contributed by atoms with Gasteiger partial charge in [-0.3, -0.25) is 4.18 Å². The first kappa shape index (κ1) is 57.4. The van der Waals surface area contributed by atoms with E-state index in [0.717, 1.165) is 39.5 Å². The molecule has 17 nitrogen and oxygen atoms in total. The van der Waals surface area contributed by atoms with Crippen molar-refractivity contribution in [2.24, 2.45) is 0 Å². The molecule has 1 N–H and O–H groups in total. The number of aliphatic hydroxyl groups is 1. The summed E-state index contributed by atoms with van der Waals surface area (Å²) in [6.07, 6.45) is -15.3. The Morgan fingerprint density at radius 1 is 0.575 bits per heavy atom. The van der Waals surface area contributed by atoms with Crippen LogP contribution in [0.5, 0.6) is 0 Å². The molecule has 6 fully saturated rings. The summed E-state index contributed by atoms with van der Waals surface area (Å²) in [7, 11) is 0. The Hall–Kier alpha value is -3.07. The zero-order valence-electron chi connectivity index (χ0n) is 45.9. The van der Waals surface area contributed by atoms with E-state index in [-0.39, 0.29) is 39.6 Å². The second-order valence-electron chi connectivity index (χ2n) is 21.2. The van der Waals surface area contributed by atoms with E-state index < -0.39 is 121 Å². The summed E-state index contributed by atoms with van der Waals surface area (Å²) in [6, 6.07) is 49.2. The van der Waals surface area contributed by atoms with Crippen molar-refractivity contribution < 1.29 is 80.3 Å². The molecular formula is C60H70IO17PS. The van der Waals surface area contributed by atoms with Crippen LogP contribution >= 0.6 is 39.1 Å². The molecule has 430 valence electrons. The van der Waals surface area contributed by atoms with Crippen molar-refractivity contribution in [2.75, 3.05) is 19.8 Å². The van der Waals surface area contributed by atoms with Gasteiger partial charge >= 0.3 is 0 Å². The molecule has 0 aliphatic carbocycles. The highest BCUT2D eigenvalue weighted by molar-refractivity contribution is 14.2. The highest BCUT2D eigenvalue weighted by atomic mass is 127. The quantitative estimate of drug-likeness (QED) is 0.0372. The van der Waals surface area contributed by atoms with Gasteiger partial charge in [-0.05, 0) is 72.0 Å². The Bertz CT molecular complexity index is 2700. The first-order valence-electron chi connectivity index (χ1n) is 27.6. The summed E-state index contributed by atoms with van der Waals surface area (Å²) in [6.45, 7) is 8.50. The highest BCUT2D eigenvalue weighted by Gasteiger charge is 2.63. The first-order valence-corrected chi connectivity index (χ1v) is 32.2. The van der Waals surface area contributed by atoms with Crippen LogP contribution in [0, 0.1) is 0 Å². The Kier molecular flexibility index (Phi) is 19.6. The minimum Gasteiger partial charge on any atom is -0.388 e. The van der Waals surface area contributed by atoms with E-state index in [0.29, 0.717) is 6.61 Å². The topological polar surface area (TPSA) is 168 Å². The molecule has 0 bridgehead atoms. The maximum Gasteiger partial charge on any atom is 0.200 e. The van der Waals surface area contributed by atoms with Gasteiger partial charge in [-0.15, -0.1) is 0 Å². The molecule has 0 saturated carbocycles. The summed E-state index contributed by atoms with van der Waals surface area (Å²) in [5.74, 6) is -1.13. The minimum atomic E-state index is -1.34. The standard InChI is InChI=1S/C60H70IO17PS/c1-37-45(62)48(65-32-41-24-14-7-15-25-41)51(57(69-37)78-80-79-61)73-56-52-49(75-59(3,4)76-52)46(38(2)70-56)71-55-50(66-33-42-26-16-8-17-27-42)47(44(34-67-55)64-31-40-22-12-6-13-23-40)72-58-53-60(36-68-58,35-63-30-39-20-10-5-11-21-39)77-54(74-53)43-28-18-9-19-29-43/h5-29,37-38,44-58,62,79H,30-36H2,1-4H3/t37-,38-,44-,45+,46+,47?,48?,49?,50?,51?,52?,53?,54+,55+,56+,57+,58+,60+,79?/m1/s1/i79T. The van der Waals surface area contributed by atoms with Crippen molar-refractivity contribution in [1.82, 2.24) is 0 Å². The molecule has 20 heteroatoms. The van der Waals surface area contributed by atoms with E-state index in [1.165, 1.54) is 0 Å². The predicted molar refractivity (Wildman–Crippen MR) is 303 cm³/mol. The lowest BCUT2D eigenvalue weighted by Gasteiger charge is -2.48. The zero-order chi connectivity index (χ0) is 55.9. The van der Waals surface area contributed by atoms with Gasteiger partial charge in [-0.1, -0.05) is 152 Å². The van der Waals surface area contributed by atoms with Crippen molar-refractivity contribution >= 4 is 39.1 Å². The minimum absolute atomic E-state index is 0.0364. The maximum atomic E-state index is 11.7. The fraction of sp³-hybridized carbons (Fsp3) is 0.500. The van der Waals surface area contributed by atoms with Crippen LogP contribution in [0.3, 0.4) is 0 Å². The Morgan fingerprint density at radius 3 is 1.74 bits per heavy atom. The average Bonchev–Trinajstić information content (AvgIpc) is 4.16. The number of fused-ring (bicyclic) bond motifs is 2. The summed E-state index contributed by atoms with van der Waals surface area (Å²) in [5.41, 5.74) is 3.59. The SMILES string of the molecule is [3H]P(I)SO[C@@H]1O[C@H](C)[C@H](O)C(OCc2ccccc2)C1O[C@@H]1O[C@H](C)[C@H](O[C@@H]2OC[C@@H](OCc3ccccc3)C(O[C@@H]3OC[C@]4(COCc5ccccc5)O[C@@H](c5ccccc5)OC34)C2OCc2ccccc2)C2OC(C)(C)OC21. The molecule has 6 aliphatic heterocycles. The van der Waals surface area contributed by atoms with Crippen LogP contribution in [0.4, 0.5) is 0 Å². The van der Waals surface area contributed by atoms with E-state index >= 15 is 0 Å². The number of halogens is 1. The fourth-order valence-electron chi connectivity index (χ4n) is 11.0. The molecule has 5 aromatic rings. The van der Waals surface area contributed by atoms with Gasteiger partial charge < -0.3 is 76.2 Å². The predicted octanol–water partition coefficient (Wildman–Crippen LogP) is 9.66. The van der Waals surface area contributed by atoms with E-state index in [9.17, 15) is 5.11 Å². The molecule has 0 spiro atoms. The lowest BCUT2D eigenvalue weighted by molar-refractivity contribution is -0.369. The summed E-state index contributed by atoms with van der Waals surface area (Å²) in [5, 5.41) is 10.4. The summed E-state index contributed by atoms with van der Waals surface area (Å²) < 4.78 is 116. The first-order chi connectivity index (χ1) is 39.4. The van der Waals surface area contributed by atoms with E-state index in [4.69, 9.17) is 76.5 Å². The zero-order valence-corrected chi connectivity index (χ0v) is 48.8. The van der Waals surface area contributed by atoms with Gasteiger partial charge in [0.15, 0.2) is 37.2 Å². The molecule has 0 amide bonds. The van der Waals surface area contributed by atoms with Crippen molar-refractivity contribution in [3.05, 3.63) is 179 Å². The normalized spacial score (nSPS) is 36.2. The lowest BCUT2D eigenvalue weighted by atomic mass is 9.97. The number of hydrogen-bond donors (Lipinski definition) is 1. The van der Waals surface area contributed by atoms with Crippen LogP contribution in [0.15, 0.2) is 152 Å². The van der Waals surface area contributed by atoms with Crippen LogP contribution in [-0.4, -0.2) is 136 Å². The van der Waals surface area contributed by atoms with Crippen LogP contribution < -0.4 is 0 Å². The third-order valence-corrected chi connectivity index (χ3v) is 17.2. The third kappa shape index (κ3) is 14.0. The van der Waals surface area contributed by atoms with Crippen molar-refractivity contribution in [3.63, 3.8) is 0 Å².